The van der Waals surface area contributed by atoms with Crippen LogP contribution in [0.4, 0.5) is 0 Å². The second kappa shape index (κ2) is 7.54. The molecule has 26 heavy (non-hydrogen) atoms. The Morgan fingerprint density at radius 3 is 2.58 bits per heavy atom. The summed E-state index contributed by atoms with van der Waals surface area (Å²) in [6.07, 6.45) is 0.0321. The molecule has 3 aromatic rings. The Kier molecular flexibility index (Phi) is 5.19. The first-order valence-electron chi connectivity index (χ1n) is 8.63. The van der Waals surface area contributed by atoms with Gasteiger partial charge in [-0.25, -0.2) is 0 Å². The lowest BCUT2D eigenvalue weighted by Crippen LogP contribution is -2.28. The summed E-state index contributed by atoms with van der Waals surface area (Å²) in [5.74, 6) is -0.109. The highest BCUT2D eigenvalue weighted by molar-refractivity contribution is 6.06. The van der Waals surface area contributed by atoms with E-state index >= 15 is 0 Å². The largest absolute Gasteiger partial charge is 0.508 e. The number of hydrogen-bond donors (Lipinski definition) is 3. The molecule has 1 atom stereocenters. The minimum absolute atomic E-state index is 0.0833. The number of carbonyl (C=O) groups excluding carboxylic acids is 1. The van der Waals surface area contributed by atoms with Gasteiger partial charge in [-0.05, 0) is 54.8 Å². The standard InChI is InChI=1S/C21H22N2O3/c1-3-14-4-9-19-17(11-14)18(10-13(2)23-19)21(26)22-12-20(25)15-5-7-16(24)8-6-15/h4-11,20,24-25H,3,12H2,1-2H3,(H,22,26). The van der Waals surface area contributed by atoms with Gasteiger partial charge in [-0.1, -0.05) is 25.1 Å². The van der Waals surface area contributed by atoms with Crippen molar-refractivity contribution in [2.24, 2.45) is 0 Å². The molecule has 0 aliphatic rings. The van der Waals surface area contributed by atoms with Crippen LogP contribution in [-0.2, 0) is 6.42 Å². The molecule has 1 unspecified atom stereocenters. The van der Waals surface area contributed by atoms with E-state index in [1.807, 2.05) is 25.1 Å². The van der Waals surface area contributed by atoms with E-state index in [0.717, 1.165) is 28.6 Å². The summed E-state index contributed by atoms with van der Waals surface area (Å²) in [5.41, 5.74) is 3.88. The normalized spacial score (nSPS) is 12.1. The van der Waals surface area contributed by atoms with Crippen molar-refractivity contribution in [2.75, 3.05) is 6.54 Å². The zero-order valence-corrected chi connectivity index (χ0v) is 14.9. The first-order chi connectivity index (χ1) is 12.5. The van der Waals surface area contributed by atoms with Crippen molar-refractivity contribution in [2.45, 2.75) is 26.4 Å². The van der Waals surface area contributed by atoms with Gasteiger partial charge in [0, 0.05) is 17.6 Å². The van der Waals surface area contributed by atoms with Crippen LogP contribution in [-0.4, -0.2) is 27.6 Å². The lowest BCUT2D eigenvalue weighted by molar-refractivity contribution is 0.0917. The van der Waals surface area contributed by atoms with Crippen molar-refractivity contribution in [3.05, 3.63) is 70.9 Å². The van der Waals surface area contributed by atoms with Crippen molar-refractivity contribution in [3.63, 3.8) is 0 Å². The Morgan fingerprint density at radius 2 is 1.88 bits per heavy atom. The molecule has 134 valence electrons. The van der Waals surface area contributed by atoms with Crippen molar-refractivity contribution >= 4 is 16.8 Å². The van der Waals surface area contributed by atoms with Gasteiger partial charge < -0.3 is 15.5 Å². The molecule has 0 saturated heterocycles. The number of aryl methyl sites for hydroxylation is 2. The average Bonchev–Trinajstić information content (AvgIpc) is 2.65. The Balaban J connectivity index is 1.82. The quantitative estimate of drug-likeness (QED) is 0.659. The fourth-order valence-electron chi connectivity index (χ4n) is 2.91. The maximum Gasteiger partial charge on any atom is 0.252 e. The maximum atomic E-state index is 12.7. The van der Waals surface area contributed by atoms with Gasteiger partial charge in [-0.2, -0.15) is 0 Å². The number of aromatic hydroxyl groups is 1. The van der Waals surface area contributed by atoms with Crippen molar-refractivity contribution in [1.82, 2.24) is 10.3 Å². The second-order valence-electron chi connectivity index (χ2n) is 6.33. The van der Waals surface area contributed by atoms with Crippen molar-refractivity contribution in [1.29, 1.82) is 0 Å². The molecule has 2 aromatic carbocycles. The molecule has 0 bridgehead atoms. The third-order valence-corrected chi connectivity index (χ3v) is 4.39. The number of amides is 1. The van der Waals surface area contributed by atoms with Gasteiger partial charge in [0.2, 0.25) is 0 Å². The number of benzene rings is 2. The molecule has 3 N–H and O–H groups in total. The summed E-state index contributed by atoms with van der Waals surface area (Å²) in [6, 6.07) is 14.0. The molecule has 1 heterocycles. The summed E-state index contributed by atoms with van der Waals surface area (Å²) in [7, 11) is 0. The number of hydrogen-bond acceptors (Lipinski definition) is 4. The molecule has 5 nitrogen and oxygen atoms in total. The number of aliphatic hydroxyl groups excluding tert-OH is 1. The first-order valence-corrected chi connectivity index (χ1v) is 8.63. The molecular formula is C21H22N2O3. The van der Waals surface area contributed by atoms with E-state index < -0.39 is 6.10 Å². The van der Waals surface area contributed by atoms with E-state index in [2.05, 4.69) is 17.2 Å². The molecule has 0 radical (unpaired) electrons. The third-order valence-electron chi connectivity index (χ3n) is 4.39. The highest BCUT2D eigenvalue weighted by Crippen LogP contribution is 2.21. The molecule has 1 amide bonds. The monoisotopic (exact) mass is 350 g/mol. The second-order valence-corrected chi connectivity index (χ2v) is 6.33. The fourth-order valence-corrected chi connectivity index (χ4v) is 2.91. The Morgan fingerprint density at radius 1 is 1.15 bits per heavy atom. The first kappa shape index (κ1) is 17.9. The lowest BCUT2D eigenvalue weighted by Gasteiger charge is -2.14. The molecule has 5 heteroatoms. The van der Waals surface area contributed by atoms with E-state index in [4.69, 9.17) is 0 Å². The molecule has 0 spiro atoms. The number of nitrogens with zero attached hydrogens (tertiary/aromatic N) is 1. The summed E-state index contributed by atoms with van der Waals surface area (Å²) >= 11 is 0. The van der Waals surface area contributed by atoms with Gasteiger partial charge >= 0.3 is 0 Å². The number of aliphatic hydroxyl groups is 1. The van der Waals surface area contributed by atoms with Crippen LogP contribution in [0.3, 0.4) is 0 Å². The van der Waals surface area contributed by atoms with Crippen LogP contribution >= 0.6 is 0 Å². The molecular weight excluding hydrogens is 328 g/mol. The van der Waals surface area contributed by atoms with Crippen LogP contribution in [0.2, 0.25) is 0 Å². The van der Waals surface area contributed by atoms with E-state index in [9.17, 15) is 15.0 Å². The SMILES string of the molecule is CCc1ccc2nc(C)cc(C(=O)NCC(O)c3ccc(O)cc3)c2c1. The number of phenolic OH excluding ortho intramolecular Hbond substituents is 1. The van der Waals surface area contributed by atoms with Crippen LogP contribution in [0, 0.1) is 6.92 Å². The van der Waals surface area contributed by atoms with Gasteiger partial charge in [-0.15, -0.1) is 0 Å². The Hall–Kier alpha value is -2.92. The summed E-state index contributed by atoms with van der Waals surface area (Å²) in [4.78, 5) is 17.2. The van der Waals surface area contributed by atoms with Gasteiger partial charge in [-0.3, -0.25) is 9.78 Å². The lowest BCUT2D eigenvalue weighted by atomic mass is 10.0. The van der Waals surface area contributed by atoms with E-state index in [1.54, 1.807) is 18.2 Å². The van der Waals surface area contributed by atoms with E-state index in [-0.39, 0.29) is 18.2 Å². The summed E-state index contributed by atoms with van der Waals surface area (Å²) < 4.78 is 0. The highest BCUT2D eigenvalue weighted by Gasteiger charge is 2.15. The number of rotatable bonds is 5. The van der Waals surface area contributed by atoms with Crippen molar-refractivity contribution in [3.8, 4) is 5.75 Å². The number of pyridine rings is 1. The minimum Gasteiger partial charge on any atom is -0.508 e. The molecule has 0 fully saturated rings. The van der Waals surface area contributed by atoms with E-state index in [0.29, 0.717) is 11.1 Å². The van der Waals surface area contributed by atoms with Gasteiger partial charge in [0.15, 0.2) is 0 Å². The minimum atomic E-state index is -0.847. The number of fused-ring (bicyclic) bond motifs is 1. The predicted molar refractivity (Wildman–Crippen MR) is 101 cm³/mol. The smallest absolute Gasteiger partial charge is 0.252 e. The maximum absolute atomic E-state index is 12.7. The Labute approximate surface area is 152 Å². The number of nitrogens with one attached hydrogen (secondary N) is 1. The molecule has 0 aliphatic heterocycles. The number of aromatic nitrogens is 1. The van der Waals surface area contributed by atoms with Crippen LogP contribution in [0.1, 0.15) is 40.2 Å². The molecule has 0 saturated carbocycles. The predicted octanol–water partition coefficient (Wildman–Crippen LogP) is 3.27. The average molecular weight is 350 g/mol. The van der Waals surface area contributed by atoms with Crippen molar-refractivity contribution < 1.29 is 15.0 Å². The van der Waals surface area contributed by atoms with Gasteiger partial charge in [0.05, 0.1) is 17.2 Å². The van der Waals surface area contributed by atoms with Crippen LogP contribution < -0.4 is 5.32 Å². The summed E-state index contributed by atoms with van der Waals surface area (Å²) in [6.45, 7) is 4.01. The molecule has 0 aliphatic carbocycles. The van der Waals surface area contributed by atoms with Crippen LogP contribution in [0.25, 0.3) is 10.9 Å². The highest BCUT2D eigenvalue weighted by atomic mass is 16.3. The third kappa shape index (κ3) is 3.83. The summed E-state index contributed by atoms with van der Waals surface area (Å²) in [5, 5.41) is 23.2. The topological polar surface area (TPSA) is 82.5 Å². The zero-order chi connectivity index (χ0) is 18.7. The van der Waals surface area contributed by atoms with Crippen LogP contribution in [0.15, 0.2) is 48.5 Å². The number of phenols is 1. The van der Waals surface area contributed by atoms with E-state index in [1.165, 1.54) is 12.1 Å². The molecule has 1 aromatic heterocycles. The van der Waals surface area contributed by atoms with Gasteiger partial charge in [0.1, 0.15) is 5.75 Å². The van der Waals surface area contributed by atoms with Crippen LogP contribution in [0.5, 0.6) is 5.75 Å². The number of carbonyl (C=O) groups is 1. The zero-order valence-electron chi connectivity index (χ0n) is 14.9. The Bertz CT molecular complexity index is 936. The molecule has 3 rings (SSSR count). The fraction of sp³-hybridized carbons (Fsp3) is 0.238. The van der Waals surface area contributed by atoms with Gasteiger partial charge in [0.25, 0.3) is 5.91 Å².